The maximum absolute atomic E-state index is 13.0. The van der Waals surface area contributed by atoms with Gasteiger partial charge >= 0.3 is 0 Å². The summed E-state index contributed by atoms with van der Waals surface area (Å²) in [6.07, 6.45) is 2.13. The second-order valence-corrected chi connectivity index (χ2v) is 9.10. The van der Waals surface area contributed by atoms with Crippen molar-refractivity contribution in [2.75, 3.05) is 0 Å². The van der Waals surface area contributed by atoms with Gasteiger partial charge in [-0.25, -0.2) is 0 Å². The topological polar surface area (TPSA) is 107 Å². The molecule has 2 fully saturated rings. The molecule has 0 bridgehead atoms. The fourth-order valence-corrected chi connectivity index (χ4v) is 5.16. The highest BCUT2D eigenvalue weighted by Crippen LogP contribution is 2.50. The molecule has 3 rings (SSSR count). The Morgan fingerprint density at radius 1 is 1.29 bits per heavy atom. The first kappa shape index (κ1) is 23.4. The van der Waals surface area contributed by atoms with Gasteiger partial charge in [-0.3, -0.25) is 9.59 Å². The molecule has 6 heteroatoms. The summed E-state index contributed by atoms with van der Waals surface area (Å²) in [5.74, 6) is -2.73. The van der Waals surface area contributed by atoms with Gasteiger partial charge in [-0.15, -0.1) is 0 Å². The first-order chi connectivity index (χ1) is 14.6. The van der Waals surface area contributed by atoms with E-state index in [1.54, 1.807) is 19.1 Å². The Kier molecular flexibility index (Phi) is 6.84. The molecule has 1 saturated heterocycles. The summed E-state index contributed by atoms with van der Waals surface area (Å²) < 4.78 is 0. The van der Waals surface area contributed by atoms with E-state index < -0.39 is 41.5 Å². The molecule has 1 aromatic carbocycles. The van der Waals surface area contributed by atoms with Gasteiger partial charge in [0.1, 0.15) is 6.10 Å². The van der Waals surface area contributed by atoms with Crippen LogP contribution in [0, 0.1) is 23.7 Å². The molecule has 4 N–H and O–H groups in total. The smallest absolute Gasteiger partial charge is 0.253 e. The lowest BCUT2D eigenvalue weighted by atomic mass is 9.60. The Labute approximate surface area is 183 Å². The maximum atomic E-state index is 13.0. The quantitative estimate of drug-likeness (QED) is 0.497. The molecule has 1 amide bonds. The van der Waals surface area contributed by atoms with Crippen LogP contribution in [0.25, 0.3) is 0 Å². The van der Waals surface area contributed by atoms with E-state index in [1.807, 2.05) is 37.3 Å². The van der Waals surface area contributed by atoms with Crippen molar-refractivity contribution in [3.63, 3.8) is 0 Å². The monoisotopic (exact) mass is 427 g/mol. The number of Topliss-reactive ketones (excluding diaryl/α,β-unsaturated/α-hetero) is 1. The number of allylic oxidation sites excluding steroid dienone is 1. The summed E-state index contributed by atoms with van der Waals surface area (Å²) in [7, 11) is 0. The van der Waals surface area contributed by atoms with Crippen LogP contribution in [0.2, 0.25) is 0 Å². The van der Waals surface area contributed by atoms with E-state index in [2.05, 4.69) is 11.9 Å². The highest BCUT2D eigenvalue weighted by atomic mass is 16.3. The highest BCUT2D eigenvalue weighted by Gasteiger charge is 2.64. The number of hydrogen-bond acceptors (Lipinski definition) is 5. The van der Waals surface area contributed by atoms with Crippen LogP contribution in [0.1, 0.15) is 32.8 Å². The van der Waals surface area contributed by atoms with Gasteiger partial charge < -0.3 is 20.6 Å². The predicted octanol–water partition coefficient (Wildman–Crippen LogP) is 1.79. The number of benzene rings is 1. The fraction of sp³-hybridized carbons (Fsp3) is 0.520. The van der Waals surface area contributed by atoms with Crippen molar-refractivity contribution in [1.29, 1.82) is 0 Å². The van der Waals surface area contributed by atoms with Gasteiger partial charge in [-0.2, -0.15) is 0 Å². The van der Waals surface area contributed by atoms with Gasteiger partial charge in [-0.1, -0.05) is 62.9 Å². The van der Waals surface area contributed by atoms with Crippen molar-refractivity contribution >= 4 is 11.7 Å². The first-order valence-corrected chi connectivity index (χ1v) is 10.9. The minimum Gasteiger partial charge on any atom is -0.388 e. The van der Waals surface area contributed by atoms with Crippen LogP contribution in [0.3, 0.4) is 0 Å². The van der Waals surface area contributed by atoms with E-state index in [0.717, 1.165) is 5.56 Å². The van der Waals surface area contributed by atoms with Gasteiger partial charge in [0.05, 0.1) is 6.10 Å². The second kappa shape index (κ2) is 9.07. The Balaban J connectivity index is 1.87. The van der Waals surface area contributed by atoms with E-state index in [4.69, 9.17) is 0 Å². The van der Waals surface area contributed by atoms with Crippen molar-refractivity contribution < 1.29 is 24.9 Å². The minimum atomic E-state index is -1.77. The third kappa shape index (κ3) is 4.25. The van der Waals surface area contributed by atoms with Crippen molar-refractivity contribution in [3.8, 4) is 0 Å². The lowest BCUT2D eigenvalue weighted by Gasteiger charge is -2.47. The van der Waals surface area contributed by atoms with E-state index >= 15 is 0 Å². The lowest BCUT2D eigenvalue weighted by molar-refractivity contribution is -0.154. The standard InChI is InChI=1S/C25H33NO5/c1-14(22(28)17(4)27)9-8-12-19-23(29)16(3)15(2)21-20(26-24(30)25(19,21)31)13-18-10-6-5-7-11-18/h5-8,10-12,14-15,17,19-21,23,27,29,31H,3,9,13H2,1-2,4H3,(H,26,30)/t14-,15+,17-,19-,20-,21-,23+,25+/m0/s1. The molecular weight excluding hydrogens is 394 g/mol. The lowest BCUT2D eigenvalue weighted by Crippen LogP contribution is -2.59. The molecule has 0 spiro atoms. The number of carbonyl (C=O) groups is 2. The summed E-state index contributed by atoms with van der Waals surface area (Å²) >= 11 is 0. The maximum Gasteiger partial charge on any atom is 0.253 e. The van der Waals surface area contributed by atoms with Gasteiger partial charge in [0, 0.05) is 23.8 Å². The van der Waals surface area contributed by atoms with Gasteiger partial charge in [-0.05, 0) is 36.8 Å². The Hall–Kier alpha value is -2.28. The zero-order valence-electron chi connectivity index (χ0n) is 18.4. The molecule has 31 heavy (non-hydrogen) atoms. The molecule has 0 radical (unpaired) electrons. The number of amides is 1. The fourth-order valence-electron chi connectivity index (χ4n) is 5.16. The Morgan fingerprint density at radius 3 is 2.55 bits per heavy atom. The molecule has 2 aliphatic rings. The van der Waals surface area contributed by atoms with Gasteiger partial charge in [0.2, 0.25) is 0 Å². The van der Waals surface area contributed by atoms with Crippen molar-refractivity contribution in [1.82, 2.24) is 5.32 Å². The van der Waals surface area contributed by atoms with Crippen molar-refractivity contribution in [2.24, 2.45) is 23.7 Å². The zero-order valence-corrected chi connectivity index (χ0v) is 18.4. The van der Waals surface area contributed by atoms with Crippen molar-refractivity contribution in [3.05, 3.63) is 60.2 Å². The molecule has 1 heterocycles. The summed E-state index contributed by atoms with van der Waals surface area (Å²) in [5.41, 5.74) is -0.126. The number of rotatable bonds is 7. The SMILES string of the molecule is C=C1[C@@H](C)[C@H]2[C@H](Cc3ccccc3)NC(=O)[C@@]2(O)[C@@H](C=CC[C@H](C)C(=O)[C@H](C)O)[C@@H]1O. The highest BCUT2D eigenvalue weighted by molar-refractivity contribution is 5.90. The van der Waals surface area contributed by atoms with Crippen LogP contribution < -0.4 is 5.32 Å². The van der Waals surface area contributed by atoms with Crippen LogP contribution in [-0.4, -0.2) is 50.9 Å². The summed E-state index contributed by atoms with van der Waals surface area (Å²) in [6.45, 7) is 9.10. The number of aliphatic hydroxyl groups is 3. The molecule has 6 nitrogen and oxygen atoms in total. The van der Waals surface area contributed by atoms with Crippen LogP contribution >= 0.6 is 0 Å². The number of aliphatic hydroxyl groups excluding tert-OH is 2. The molecule has 1 saturated carbocycles. The molecule has 1 aliphatic carbocycles. The summed E-state index contributed by atoms with van der Waals surface area (Å²) in [6, 6.07) is 9.49. The number of carbonyl (C=O) groups excluding carboxylic acids is 2. The molecule has 8 atom stereocenters. The van der Waals surface area contributed by atoms with E-state index in [9.17, 15) is 24.9 Å². The molecule has 1 aromatic rings. The van der Waals surface area contributed by atoms with Crippen molar-refractivity contribution in [2.45, 2.75) is 57.5 Å². The predicted molar refractivity (Wildman–Crippen MR) is 118 cm³/mol. The van der Waals surface area contributed by atoms with E-state index in [0.29, 0.717) is 18.4 Å². The number of fused-ring (bicyclic) bond motifs is 1. The number of nitrogens with one attached hydrogen (secondary N) is 1. The minimum absolute atomic E-state index is 0.256. The molecular formula is C25H33NO5. The number of hydrogen-bond donors (Lipinski definition) is 4. The Bertz CT molecular complexity index is 864. The van der Waals surface area contributed by atoms with Crippen LogP contribution in [0.15, 0.2) is 54.6 Å². The average molecular weight is 428 g/mol. The summed E-state index contributed by atoms with van der Waals surface area (Å²) in [5, 5.41) is 34.9. The summed E-state index contributed by atoms with van der Waals surface area (Å²) in [4.78, 5) is 24.9. The third-order valence-electron chi connectivity index (χ3n) is 7.00. The van der Waals surface area contributed by atoms with Crippen LogP contribution in [0.4, 0.5) is 0 Å². The Morgan fingerprint density at radius 2 is 1.94 bits per heavy atom. The second-order valence-electron chi connectivity index (χ2n) is 9.10. The molecule has 0 aromatic heterocycles. The first-order valence-electron chi connectivity index (χ1n) is 10.9. The normalized spacial score (nSPS) is 35.0. The third-order valence-corrected chi connectivity index (χ3v) is 7.00. The van der Waals surface area contributed by atoms with E-state index in [1.165, 1.54) is 6.92 Å². The molecule has 1 aliphatic heterocycles. The molecule has 0 unspecified atom stereocenters. The van der Waals surface area contributed by atoms with Crippen LogP contribution in [0.5, 0.6) is 0 Å². The molecule has 168 valence electrons. The van der Waals surface area contributed by atoms with Gasteiger partial charge in [0.15, 0.2) is 11.4 Å². The van der Waals surface area contributed by atoms with Crippen LogP contribution in [-0.2, 0) is 16.0 Å². The van der Waals surface area contributed by atoms with E-state index in [-0.39, 0.29) is 17.7 Å². The average Bonchev–Trinajstić information content (AvgIpc) is 2.99. The largest absolute Gasteiger partial charge is 0.388 e. The van der Waals surface area contributed by atoms with Gasteiger partial charge in [0.25, 0.3) is 5.91 Å². The number of ketones is 1. The zero-order chi connectivity index (χ0) is 22.9.